The molecule has 0 radical (unpaired) electrons. The predicted molar refractivity (Wildman–Crippen MR) is 118 cm³/mol. The molecule has 13 N–H and O–H groups in total. The summed E-state index contributed by atoms with van der Waals surface area (Å²) < 4.78 is 0. The lowest BCUT2D eigenvalue weighted by molar-refractivity contribution is -0.142. The van der Waals surface area contributed by atoms with E-state index in [0.29, 0.717) is 0 Å². The number of aliphatic carboxylic acids is 1. The zero-order valence-electron chi connectivity index (χ0n) is 19.2. The molecule has 0 aliphatic rings. The van der Waals surface area contributed by atoms with Crippen molar-refractivity contribution in [1.29, 1.82) is 0 Å². The van der Waals surface area contributed by atoms with E-state index in [9.17, 15) is 43.8 Å². The number of carboxylic acids is 1. The van der Waals surface area contributed by atoms with Crippen LogP contribution in [0.5, 0.6) is 0 Å². The lowest BCUT2D eigenvalue weighted by Crippen LogP contribution is -2.58. The van der Waals surface area contributed by atoms with Gasteiger partial charge in [-0.05, 0) is 26.2 Å². The van der Waals surface area contributed by atoms with E-state index in [-0.39, 0.29) is 38.5 Å². The lowest BCUT2D eigenvalue weighted by Gasteiger charge is -2.25. The van der Waals surface area contributed by atoms with Crippen LogP contribution in [0.3, 0.4) is 0 Å². The van der Waals surface area contributed by atoms with Crippen molar-refractivity contribution in [2.75, 3.05) is 0 Å². The normalized spacial score (nSPS) is 14.9. The molecule has 35 heavy (non-hydrogen) atoms. The molecule has 0 saturated heterocycles. The Bertz CT molecular complexity index is 818. The molecule has 6 amide bonds. The molecular formula is C19H33N7O9. The average Bonchev–Trinajstić information content (AvgIpc) is 2.74. The van der Waals surface area contributed by atoms with Crippen LogP contribution in [-0.2, 0) is 33.6 Å². The highest BCUT2D eigenvalue weighted by atomic mass is 16.4. The summed E-state index contributed by atoms with van der Waals surface area (Å²) in [5.41, 5.74) is 20.7. The van der Waals surface area contributed by atoms with Crippen molar-refractivity contribution >= 4 is 41.4 Å². The summed E-state index contributed by atoms with van der Waals surface area (Å²) in [4.78, 5) is 82.4. The second kappa shape index (κ2) is 15.2. The highest BCUT2D eigenvalue weighted by Gasteiger charge is 2.31. The van der Waals surface area contributed by atoms with Gasteiger partial charge in [-0.15, -0.1) is 0 Å². The minimum atomic E-state index is -1.53. The second-order valence-corrected chi connectivity index (χ2v) is 7.80. The molecule has 0 aromatic carbocycles. The van der Waals surface area contributed by atoms with E-state index in [1.807, 2.05) is 0 Å². The third kappa shape index (κ3) is 12.9. The number of amides is 6. The molecule has 16 nitrogen and oxygen atoms in total. The smallest absolute Gasteiger partial charge is 0.326 e. The monoisotopic (exact) mass is 503 g/mol. The van der Waals surface area contributed by atoms with Crippen LogP contribution in [0.2, 0.25) is 0 Å². The topological polar surface area (TPSA) is 300 Å². The SMILES string of the molecule is CC(O)C(N)C(=O)NC(CCC(N)=O)C(=O)NC(CCC(N)=O)C(=O)NC(CCC(N)=O)C(=O)O. The van der Waals surface area contributed by atoms with Gasteiger partial charge in [0.15, 0.2) is 0 Å². The number of carbonyl (C=O) groups excluding carboxylic acids is 6. The third-order valence-electron chi connectivity index (χ3n) is 4.74. The van der Waals surface area contributed by atoms with Crippen molar-refractivity contribution in [1.82, 2.24) is 16.0 Å². The number of hydrogen-bond acceptors (Lipinski definition) is 9. The van der Waals surface area contributed by atoms with Gasteiger partial charge in [0.1, 0.15) is 24.2 Å². The minimum absolute atomic E-state index is 0.292. The first-order valence-electron chi connectivity index (χ1n) is 10.6. The molecule has 0 heterocycles. The molecular weight excluding hydrogens is 470 g/mol. The Labute approximate surface area is 200 Å². The molecule has 0 fully saturated rings. The van der Waals surface area contributed by atoms with Crippen LogP contribution < -0.4 is 38.9 Å². The van der Waals surface area contributed by atoms with E-state index in [2.05, 4.69) is 16.0 Å². The number of carbonyl (C=O) groups is 7. The van der Waals surface area contributed by atoms with E-state index in [1.54, 1.807) is 0 Å². The number of primary amides is 3. The second-order valence-electron chi connectivity index (χ2n) is 7.80. The molecule has 0 aromatic heterocycles. The molecule has 16 heteroatoms. The number of nitrogens with one attached hydrogen (secondary N) is 3. The van der Waals surface area contributed by atoms with Crippen LogP contribution in [-0.4, -0.2) is 81.9 Å². The van der Waals surface area contributed by atoms with Crippen LogP contribution in [0.15, 0.2) is 0 Å². The molecule has 5 unspecified atom stereocenters. The van der Waals surface area contributed by atoms with Gasteiger partial charge in [0.05, 0.1) is 6.10 Å². The first-order valence-corrected chi connectivity index (χ1v) is 10.6. The van der Waals surface area contributed by atoms with E-state index in [1.165, 1.54) is 6.92 Å². The van der Waals surface area contributed by atoms with Gasteiger partial charge < -0.3 is 49.1 Å². The van der Waals surface area contributed by atoms with E-state index >= 15 is 0 Å². The fourth-order valence-corrected chi connectivity index (χ4v) is 2.69. The molecule has 0 bridgehead atoms. The minimum Gasteiger partial charge on any atom is -0.480 e. The Morgan fingerprint density at radius 1 is 0.657 bits per heavy atom. The molecule has 0 aromatic rings. The molecule has 0 aliphatic carbocycles. The Hall–Kier alpha value is -3.79. The third-order valence-corrected chi connectivity index (χ3v) is 4.74. The Kier molecular flexibility index (Phi) is 13.5. The first-order chi connectivity index (χ1) is 16.1. The van der Waals surface area contributed by atoms with Gasteiger partial charge in [-0.25, -0.2) is 4.79 Å². The van der Waals surface area contributed by atoms with Gasteiger partial charge >= 0.3 is 5.97 Å². The van der Waals surface area contributed by atoms with E-state index < -0.39 is 71.7 Å². The standard InChI is InChI=1S/C19H33N7O9/c1-8(27)15(23)18(33)25-10(3-6-13(21)29)16(31)24-9(2-5-12(20)28)17(32)26-11(19(34)35)4-7-14(22)30/h8-11,15,27H,2-7,23H2,1H3,(H2,20,28)(H2,21,29)(H2,22,30)(H,24,31)(H,25,33)(H,26,32)(H,34,35). The highest BCUT2D eigenvalue weighted by molar-refractivity contribution is 5.94. The molecule has 0 aliphatic heterocycles. The van der Waals surface area contributed by atoms with Crippen molar-refractivity contribution < 1.29 is 43.8 Å². The largest absolute Gasteiger partial charge is 0.480 e. The maximum atomic E-state index is 12.8. The number of aliphatic hydroxyl groups is 1. The van der Waals surface area contributed by atoms with Crippen LogP contribution in [0.4, 0.5) is 0 Å². The number of aliphatic hydroxyl groups excluding tert-OH is 1. The average molecular weight is 504 g/mol. The first kappa shape index (κ1) is 31.2. The number of carboxylic acid groups (broad SMARTS) is 1. The maximum absolute atomic E-state index is 12.8. The Morgan fingerprint density at radius 3 is 1.29 bits per heavy atom. The van der Waals surface area contributed by atoms with Crippen molar-refractivity contribution in [2.24, 2.45) is 22.9 Å². The fraction of sp³-hybridized carbons (Fsp3) is 0.632. The number of nitrogens with two attached hydrogens (primary N) is 4. The Balaban J connectivity index is 5.65. The van der Waals surface area contributed by atoms with Gasteiger partial charge in [-0.2, -0.15) is 0 Å². The van der Waals surface area contributed by atoms with Crippen LogP contribution in [0.1, 0.15) is 45.4 Å². The quantitative estimate of drug-likeness (QED) is 0.0910. The lowest BCUT2D eigenvalue weighted by atomic mass is 10.0. The summed E-state index contributed by atoms with van der Waals surface area (Å²) >= 11 is 0. The van der Waals surface area contributed by atoms with E-state index in [4.69, 9.17) is 22.9 Å². The van der Waals surface area contributed by atoms with Crippen LogP contribution in [0.25, 0.3) is 0 Å². The zero-order valence-corrected chi connectivity index (χ0v) is 19.2. The summed E-state index contributed by atoms with van der Waals surface area (Å²) in [5.74, 6) is -6.81. The summed E-state index contributed by atoms with van der Waals surface area (Å²) in [6, 6.07) is -5.84. The van der Waals surface area contributed by atoms with Gasteiger partial charge in [0.2, 0.25) is 35.4 Å². The van der Waals surface area contributed by atoms with Crippen molar-refractivity contribution in [3.63, 3.8) is 0 Å². The number of rotatable bonds is 17. The van der Waals surface area contributed by atoms with Gasteiger partial charge in [-0.1, -0.05) is 0 Å². The van der Waals surface area contributed by atoms with Crippen molar-refractivity contribution in [3.05, 3.63) is 0 Å². The van der Waals surface area contributed by atoms with Crippen molar-refractivity contribution in [3.8, 4) is 0 Å². The molecule has 0 saturated carbocycles. The van der Waals surface area contributed by atoms with Crippen LogP contribution in [0, 0.1) is 0 Å². The van der Waals surface area contributed by atoms with Gasteiger partial charge in [0.25, 0.3) is 0 Å². The maximum Gasteiger partial charge on any atom is 0.326 e. The summed E-state index contributed by atoms with van der Waals surface area (Å²) in [5, 5.41) is 25.4. The summed E-state index contributed by atoms with van der Waals surface area (Å²) in [6.07, 6.45) is -3.28. The van der Waals surface area contributed by atoms with Gasteiger partial charge in [-0.3, -0.25) is 28.8 Å². The molecule has 0 spiro atoms. The summed E-state index contributed by atoms with van der Waals surface area (Å²) in [7, 11) is 0. The Morgan fingerprint density at radius 2 is 0.971 bits per heavy atom. The molecule has 5 atom stereocenters. The van der Waals surface area contributed by atoms with Crippen LogP contribution >= 0.6 is 0 Å². The van der Waals surface area contributed by atoms with Crippen molar-refractivity contribution in [2.45, 2.75) is 75.7 Å². The highest BCUT2D eigenvalue weighted by Crippen LogP contribution is 2.05. The molecule has 0 rings (SSSR count). The number of hydrogen-bond donors (Lipinski definition) is 9. The summed E-state index contributed by atoms with van der Waals surface area (Å²) in [6.45, 7) is 1.24. The van der Waals surface area contributed by atoms with Gasteiger partial charge in [0, 0.05) is 19.3 Å². The van der Waals surface area contributed by atoms with E-state index in [0.717, 1.165) is 0 Å². The molecule has 198 valence electrons. The predicted octanol–water partition coefficient (Wildman–Crippen LogP) is -4.97. The zero-order chi connectivity index (χ0) is 27.3. The fourth-order valence-electron chi connectivity index (χ4n) is 2.69.